The van der Waals surface area contributed by atoms with Gasteiger partial charge in [-0.1, -0.05) is 45.0 Å². The molecule has 3 N–H and O–H groups in total. The summed E-state index contributed by atoms with van der Waals surface area (Å²) >= 11 is 0. The monoisotopic (exact) mass is 611 g/mol. The lowest BCUT2D eigenvalue weighted by Crippen LogP contribution is -2.37. The van der Waals surface area contributed by atoms with Crippen molar-refractivity contribution in [1.29, 1.82) is 0 Å². The number of para-hydroxylation sites is 1. The summed E-state index contributed by atoms with van der Waals surface area (Å²) in [6.45, 7) is 13.4. The Labute approximate surface area is 267 Å². The van der Waals surface area contributed by atoms with Gasteiger partial charge in [0.05, 0.1) is 18.2 Å². The number of anilines is 1. The van der Waals surface area contributed by atoms with Gasteiger partial charge in [-0.3, -0.25) is 4.79 Å². The van der Waals surface area contributed by atoms with Crippen molar-refractivity contribution in [1.82, 2.24) is 19.9 Å². The number of H-pyrrole nitrogens is 1. The highest BCUT2D eigenvalue weighted by Crippen LogP contribution is 2.40. The first-order chi connectivity index (χ1) is 21.6. The molecule has 0 saturated carbocycles. The number of carbonyl (C=O) groups excluding carboxylic acids is 1. The number of fused-ring (bicyclic) bond motifs is 1. The van der Waals surface area contributed by atoms with Crippen molar-refractivity contribution in [2.24, 2.45) is 11.3 Å². The van der Waals surface area contributed by atoms with Gasteiger partial charge in [0.2, 0.25) is 5.91 Å². The van der Waals surface area contributed by atoms with Crippen LogP contribution in [0.2, 0.25) is 0 Å². The Morgan fingerprint density at radius 1 is 1.16 bits per heavy atom. The van der Waals surface area contributed by atoms with Crippen molar-refractivity contribution in [2.45, 2.75) is 78.7 Å². The fraction of sp³-hybridized carbons (Fsp3) is 0.486. The zero-order valence-electron chi connectivity index (χ0n) is 27.5. The summed E-state index contributed by atoms with van der Waals surface area (Å²) in [6.07, 6.45) is 7.47. The van der Waals surface area contributed by atoms with Gasteiger partial charge in [-0.2, -0.15) is 0 Å². The largest absolute Gasteiger partial charge is 0.493 e. The van der Waals surface area contributed by atoms with E-state index in [1.165, 1.54) is 0 Å². The third kappa shape index (κ3) is 8.03. The highest BCUT2D eigenvalue weighted by molar-refractivity contribution is 5.87. The molecule has 1 fully saturated rings. The second-order valence-electron chi connectivity index (χ2n) is 13.4. The molecular weight excluding hydrogens is 562 g/mol. The molecule has 0 spiro atoms. The second-order valence-corrected chi connectivity index (χ2v) is 13.4. The number of nitrogens with one attached hydrogen (secondary N) is 1. The van der Waals surface area contributed by atoms with Gasteiger partial charge in [0.25, 0.3) is 0 Å². The number of pyridine rings is 1. The number of imidazole rings is 1. The maximum absolute atomic E-state index is 14.0. The van der Waals surface area contributed by atoms with Crippen molar-refractivity contribution in [2.75, 3.05) is 32.1 Å². The first kappa shape index (κ1) is 32.5. The van der Waals surface area contributed by atoms with Crippen LogP contribution in [0.3, 0.4) is 0 Å². The number of nitrogen functional groups attached to an aromatic ring is 1. The van der Waals surface area contributed by atoms with Crippen molar-refractivity contribution >= 4 is 22.6 Å². The minimum Gasteiger partial charge on any atom is -0.493 e. The molecule has 2 unspecified atom stereocenters. The molecule has 2 aromatic carbocycles. The van der Waals surface area contributed by atoms with Gasteiger partial charge in [-0.05, 0) is 92.2 Å². The van der Waals surface area contributed by atoms with E-state index in [1.54, 1.807) is 6.20 Å². The van der Waals surface area contributed by atoms with Crippen LogP contribution in [0.1, 0.15) is 90.1 Å². The summed E-state index contributed by atoms with van der Waals surface area (Å²) in [4.78, 5) is 28.5. The maximum atomic E-state index is 14.0. The molecule has 45 heavy (non-hydrogen) atoms. The lowest BCUT2D eigenvalue weighted by atomic mass is 9.78. The Kier molecular flexibility index (Phi) is 10.4. The van der Waals surface area contributed by atoms with E-state index in [9.17, 15) is 4.79 Å². The van der Waals surface area contributed by atoms with Crippen LogP contribution in [0.4, 0.5) is 5.82 Å². The molecule has 0 bridgehead atoms. The third-order valence-electron chi connectivity index (χ3n) is 9.08. The highest BCUT2D eigenvalue weighted by atomic mass is 16.5. The molecule has 8 heteroatoms. The first-order valence-corrected chi connectivity index (χ1v) is 16.4. The third-order valence-corrected chi connectivity index (χ3v) is 9.08. The van der Waals surface area contributed by atoms with Crippen LogP contribution >= 0.6 is 0 Å². The number of hydrogen-bond acceptors (Lipinski definition) is 6. The van der Waals surface area contributed by atoms with E-state index >= 15 is 0 Å². The number of aromatic nitrogens is 3. The minimum absolute atomic E-state index is 0.0949. The second kappa shape index (κ2) is 14.5. The molecule has 4 aromatic rings. The van der Waals surface area contributed by atoms with Gasteiger partial charge in [0.1, 0.15) is 17.4 Å². The molecule has 0 aliphatic carbocycles. The average molecular weight is 612 g/mol. The average Bonchev–Trinajstić information content (AvgIpc) is 3.57. The normalized spacial score (nSPS) is 15.6. The predicted molar refractivity (Wildman–Crippen MR) is 181 cm³/mol. The molecule has 8 nitrogen and oxygen atoms in total. The number of nitrogens with two attached hydrogens (primary N) is 1. The summed E-state index contributed by atoms with van der Waals surface area (Å²) < 4.78 is 11.7. The fourth-order valence-corrected chi connectivity index (χ4v) is 6.49. The van der Waals surface area contributed by atoms with E-state index in [1.807, 2.05) is 42.3 Å². The quantitative estimate of drug-likeness (QED) is 0.169. The summed E-state index contributed by atoms with van der Waals surface area (Å²) in [5, 5.41) is 1.03. The standard InChI is InChI=1S/C37H49N5O3/c1-6-45-33-10-8-7-9-30(33)27-11-13-32-28(23-27)24-31(35(38)41-32)29(26-15-21-44-22-16-26)12-14-34(43)42(20-17-37(3,4)5)25(2)36-39-18-19-40-36/h7-11,13,18-19,23-26,29H,6,12,14-17,20-22H2,1-5H3,(H2,38,41)(H,39,40). The van der Waals surface area contributed by atoms with E-state index in [2.05, 4.69) is 61.9 Å². The number of rotatable bonds is 12. The van der Waals surface area contributed by atoms with Gasteiger partial charge in [0, 0.05) is 49.5 Å². The number of benzene rings is 2. The number of hydrogen-bond donors (Lipinski definition) is 2. The van der Waals surface area contributed by atoms with Gasteiger partial charge >= 0.3 is 0 Å². The van der Waals surface area contributed by atoms with Crippen LogP contribution in [-0.2, 0) is 9.53 Å². The molecule has 2 aromatic heterocycles. The zero-order chi connectivity index (χ0) is 32.0. The SMILES string of the molecule is CCOc1ccccc1-c1ccc2nc(N)c(C(CCC(=O)N(CCC(C)(C)C)C(C)c3ncc[nH]3)C3CCOCC3)cc2c1. The Hall–Kier alpha value is -3.91. The van der Waals surface area contributed by atoms with Crippen LogP contribution in [-0.4, -0.2) is 52.1 Å². The minimum atomic E-state index is -0.137. The van der Waals surface area contributed by atoms with Gasteiger partial charge in [-0.25, -0.2) is 9.97 Å². The van der Waals surface area contributed by atoms with Crippen molar-refractivity contribution < 1.29 is 14.3 Å². The molecule has 2 atom stereocenters. The zero-order valence-corrected chi connectivity index (χ0v) is 27.5. The van der Waals surface area contributed by atoms with Gasteiger partial charge < -0.3 is 25.1 Å². The van der Waals surface area contributed by atoms with E-state index < -0.39 is 0 Å². The van der Waals surface area contributed by atoms with Crippen LogP contribution in [0.25, 0.3) is 22.0 Å². The predicted octanol–water partition coefficient (Wildman–Crippen LogP) is 7.92. The smallest absolute Gasteiger partial charge is 0.223 e. The number of nitrogens with zero attached hydrogens (tertiary/aromatic N) is 3. The van der Waals surface area contributed by atoms with E-state index in [4.69, 9.17) is 20.2 Å². The molecule has 1 aliphatic rings. The lowest BCUT2D eigenvalue weighted by molar-refractivity contribution is -0.134. The molecule has 0 radical (unpaired) electrons. The Bertz CT molecular complexity index is 1560. The van der Waals surface area contributed by atoms with E-state index in [0.717, 1.165) is 71.6 Å². The van der Waals surface area contributed by atoms with Crippen LogP contribution < -0.4 is 10.5 Å². The van der Waals surface area contributed by atoms with Crippen LogP contribution in [0.15, 0.2) is 60.9 Å². The van der Waals surface area contributed by atoms with E-state index in [-0.39, 0.29) is 23.3 Å². The van der Waals surface area contributed by atoms with Crippen LogP contribution in [0, 0.1) is 11.3 Å². The molecule has 1 amide bonds. The molecule has 5 rings (SSSR count). The molecule has 1 saturated heterocycles. The maximum Gasteiger partial charge on any atom is 0.223 e. The van der Waals surface area contributed by atoms with Crippen molar-refractivity contribution in [3.05, 3.63) is 72.3 Å². The van der Waals surface area contributed by atoms with Gasteiger partial charge in [0.15, 0.2) is 0 Å². The Morgan fingerprint density at radius 3 is 2.64 bits per heavy atom. The van der Waals surface area contributed by atoms with Crippen molar-refractivity contribution in [3.8, 4) is 16.9 Å². The Morgan fingerprint density at radius 2 is 1.93 bits per heavy atom. The Balaban J connectivity index is 1.45. The highest BCUT2D eigenvalue weighted by Gasteiger charge is 2.31. The summed E-state index contributed by atoms with van der Waals surface area (Å²) in [5.74, 6) is 2.81. The fourth-order valence-electron chi connectivity index (χ4n) is 6.49. The molecule has 3 heterocycles. The van der Waals surface area contributed by atoms with Gasteiger partial charge in [-0.15, -0.1) is 0 Å². The van der Waals surface area contributed by atoms with Crippen molar-refractivity contribution in [3.63, 3.8) is 0 Å². The topological polar surface area (TPSA) is 106 Å². The first-order valence-electron chi connectivity index (χ1n) is 16.4. The summed E-state index contributed by atoms with van der Waals surface area (Å²) in [6, 6.07) is 16.5. The van der Waals surface area contributed by atoms with Crippen LogP contribution in [0.5, 0.6) is 5.75 Å². The summed E-state index contributed by atoms with van der Waals surface area (Å²) in [7, 11) is 0. The lowest BCUT2D eigenvalue weighted by Gasteiger charge is -2.34. The molecular formula is C37H49N5O3. The summed E-state index contributed by atoms with van der Waals surface area (Å²) in [5.41, 5.74) is 10.8. The van der Waals surface area contributed by atoms with E-state index in [0.29, 0.717) is 37.7 Å². The molecule has 240 valence electrons. The molecule has 1 aliphatic heterocycles. The number of ether oxygens (including phenoxy) is 2. The number of amides is 1. The number of carbonyl (C=O) groups is 1. The number of aromatic amines is 1.